The summed E-state index contributed by atoms with van der Waals surface area (Å²) in [5, 5.41) is 0. The highest BCUT2D eigenvalue weighted by molar-refractivity contribution is 7.75. The molecule has 11 heavy (non-hydrogen) atoms. The molecule has 0 fully saturated rings. The summed E-state index contributed by atoms with van der Waals surface area (Å²) < 4.78 is 14.1. The maximum atomic E-state index is 5.01. The van der Waals surface area contributed by atoms with Gasteiger partial charge in [0.15, 0.2) is 12.6 Å². The molecule has 2 unspecified atom stereocenters. The molecule has 0 aromatic heterocycles. The largest absolute Gasteiger partial charge is 0.314 e. The van der Waals surface area contributed by atoms with Crippen molar-refractivity contribution in [1.29, 1.82) is 0 Å². The molecule has 64 valence electrons. The second kappa shape index (κ2) is 6.75. The minimum atomic E-state index is -0.631. The quantitative estimate of drug-likeness (QED) is 0.292. The molecular weight excluding hydrogens is 184 g/mol. The molecule has 0 bridgehead atoms. The van der Waals surface area contributed by atoms with Crippen molar-refractivity contribution in [3.8, 4) is 0 Å². The van der Waals surface area contributed by atoms with Crippen molar-refractivity contribution in [3.63, 3.8) is 0 Å². The molecule has 0 aliphatic rings. The van der Waals surface area contributed by atoms with Crippen molar-refractivity contribution in [3.05, 3.63) is 25.3 Å². The molecule has 0 rings (SSSR count). The summed E-state index contributed by atoms with van der Waals surface area (Å²) in [4.78, 5) is 0. The van der Waals surface area contributed by atoms with Gasteiger partial charge in [-0.25, -0.2) is 0 Å². The van der Waals surface area contributed by atoms with Crippen LogP contribution in [0.2, 0.25) is 0 Å². The first-order chi connectivity index (χ1) is 5.28. The minimum absolute atomic E-state index is 0.631. The standard InChI is InChI=1S/C6H10O3S2/c1-3-5(8-10)7-6(4-2)9-11/h3-6,10-11H,1-2H2. The number of hydrogen-bond donors (Lipinski definition) is 2. The molecule has 0 saturated carbocycles. The van der Waals surface area contributed by atoms with Crippen LogP contribution in [0.15, 0.2) is 25.3 Å². The average Bonchev–Trinajstić information content (AvgIpc) is 2.07. The zero-order valence-electron chi connectivity index (χ0n) is 5.84. The molecule has 0 aliphatic carbocycles. The van der Waals surface area contributed by atoms with Crippen LogP contribution in [0.4, 0.5) is 0 Å². The van der Waals surface area contributed by atoms with Gasteiger partial charge in [-0.1, -0.05) is 13.2 Å². The van der Waals surface area contributed by atoms with Crippen LogP contribution in [0.25, 0.3) is 0 Å². The van der Waals surface area contributed by atoms with E-state index in [9.17, 15) is 0 Å². The van der Waals surface area contributed by atoms with Crippen LogP contribution < -0.4 is 0 Å². The second-order valence-electron chi connectivity index (χ2n) is 1.56. The molecular formula is C6H10O3S2. The van der Waals surface area contributed by atoms with Crippen LogP contribution in [-0.4, -0.2) is 12.6 Å². The van der Waals surface area contributed by atoms with E-state index >= 15 is 0 Å². The zero-order chi connectivity index (χ0) is 8.69. The van der Waals surface area contributed by atoms with Gasteiger partial charge in [-0.05, 0) is 38.0 Å². The first kappa shape index (κ1) is 11.1. The molecule has 0 aliphatic heterocycles. The predicted molar refractivity (Wildman–Crippen MR) is 49.2 cm³/mol. The van der Waals surface area contributed by atoms with Gasteiger partial charge >= 0.3 is 0 Å². The second-order valence-corrected chi connectivity index (χ2v) is 1.98. The highest BCUT2D eigenvalue weighted by Crippen LogP contribution is 2.06. The van der Waals surface area contributed by atoms with Crippen molar-refractivity contribution < 1.29 is 13.1 Å². The molecule has 3 nitrogen and oxygen atoms in total. The third-order valence-electron chi connectivity index (χ3n) is 0.861. The Morgan fingerprint density at radius 1 is 1.00 bits per heavy atom. The lowest BCUT2D eigenvalue weighted by Crippen LogP contribution is -2.18. The Kier molecular flexibility index (Phi) is 6.79. The highest BCUT2D eigenvalue weighted by Gasteiger charge is 2.09. The summed E-state index contributed by atoms with van der Waals surface area (Å²) in [7, 11) is 0. The van der Waals surface area contributed by atoms with E-state index < -0.39 is 12.6 Å². The molecule has 2 atom stereocenters. The minimum Gasteiger partial charge on any atom is -0.314 e. The maximum absolute atomic E-state index is 5.01. The zero-order valence-corrected chi connectivity index (χ0v) is 7.63. The third-order valence-corrected chi connectivity index (χ3v) is 1.28. The van der Waals surface area contributed by atoms with Gasteiger partial charge in [0.1, 0.15) is 0 Å². The summed E-state index contributed by atoms with van der Waals surface area (Å²) in [6.45, 7) is 6.88. The van der Waals surface area contributed by atoms with Crippen LogP contribution in [0.1, 0.15) is 0 Å². The Labute approximate surface area is 77.3 Å². The SMILES string of the molecule is C=CC(OS)OC(C=C)OS. The van der Waals surface area contributed by atoms with E-state index in [-0.39, 0.29) is 0 Å². The summed E-state index contributed by atoms with van der Waals surface area (Å²) in [6.07, 6.45) is 1.59. The van der Waals surface area contributed by atoms with E-state index in [2.05, 4.69) is 47.3 Å². The number of rotatable bonds is 6. The van der Waals surface area contributed by atoms with E-state index in [0.717, 1.165) is 0 Å². The molecule has 0 N–H and O–H groups in total. The highest BCUT2D eigenvalue weighted by atomic mass is 32.1. The fourth-order valence-corrected chi connectivity index (χ4v) is 0.651. The fraction of sp³-hybridized carbons (Fsp3) is 0.333. The van der Waals surface area contributed by atoms with Crippen LogP contribution in [0.5, 0.6) is 0 Å². The average molecular weight is 194 g/mol. The smallest absolute Gasteiger partial charge is 0.192 e. The number of thiol groups is 2. The van der Waals surface area contributed by atoms with E-state index in [1.54, 1.807) is 0 Å². The Balaban J connectivity index is 3.76. The van der Waals surface area contributed by atoms with Gasteiger partial charge in [-0.2, -0.15) is 0 Å². The Hall–Kier alpha value is 0.0600. The van der Waals surface area contributed by atoms with Crippen molar-refractivity contribution in [2.24, 2.45) is 0 Å². The van der Waals surface area contributed by atoms with Crippen molar-refractivity contribution >= 4 is 25.8 Å². The lowest BCUT2D eigenvalue weighted by Gasteiger charge is -2.15. The topological polar surface area (TPSA) is 27.7 Å². The monoisotopic (exact) mass is 194 g/mol. The molecule has 5 heteroatoms. The molecule has 0 aromatic carbocycles. The first-order valence-corrected chi connectivity index (χ1v) is 3.52. The molecule has 0 aromatic rings. The third kappa shape index (κ3) is 4.49. The molecule has 0 radical (unpaired) electrons. The Bertz CT molecular complexity index is 115. The summed E-state index contributed by atoms with van der Waals surface area (Å²) in [5.74, 6) is 0. The normalized spacial score (nSPS) is 15.5. The van der Waals surface area contributed by atoms with Gasteiger partial charge in [-0.15, -0.1) is 0 Å². The summed E-state index contributed by atoms with van der Waals surface area (Å²) in [5.41, 5.74) is 0. The van der Waals surface area contributed by atoms with Gasteiger partial charge in [-0.3, -0.25) is 8.37 Å². The molecule has 0 heterocycles. The first-order valence-electron chi connectivity index (χ1n) is 2.79. The molecule has 0 saturated heterocycles. The van der Waals surface area contributed by atoms with Gasteiger partial charge in [0.2, 0.25) is 0 Å². The van der Waals surface area contributed by atoms with E-state index in [1.165, 1.54) is 12.2 Å². The summed E-state index contributed by atoms with van der Waals surface area (Å²) >= 11 is 7.07. The van der Waals surface area contributed by atoms with E-state index in [1.807, 2.05) is 0 Å². The van der Waals surface area contributed by atoms with Crippen molar-refractivity contribution in [1.82, 2.24) is 0 Å². The van der Waals surface area contributed by atoms with E-state index in [4.69, 9.17) is 4.74 Å². The van der Waals surface area contributed by atoms with Gasteiger partial charge in [0.25, 0.3) is 0 Å². The molecule has 0 amide bonds. The van der Waals surface area contributed by atoms with Gasteiger partial charge in [0, 0.05) is 0 Å². The predicted octanol–water partition coefficient (Wildman–Crippen LogP) is 1.75. The maximum Gasteiger partial charge on any atom is 0.192 e. The lowest BCUT2D eigenvalue weighted by molar-refractivity contribution is -0.126. The van der Waals surface area contributed by atoms with Crippen LogP contribution in [0.3, 0.4) is 0 Å². The lowest BCUT2D eigenvalue weighted by atomic mass is 10.6. The molecule has 0 spiro atoms. The van der Waals surface area contributed by atoms with Crippen LogP contribution in [0, 0.1) is 0 Å². The van der Waals surface area contributed by atoms with Crippen LogP contribution in [-0.2, 0) is 13.1 Å². The Morgan fingerprint density at radius 2 is 1.36 bits per heavy atom. The number of ether oxygens (including phenoxy) is 1. The van der Waals surface area contributed by atoms with Gasteiger partial charge < -0.3 is 4.74 Å². The van der Waals surface area contributed by atoms with Crippen molar-refractivity contribution in [2.75, 3.05) is 0 Å². The number of hydrogen-bond acceptors (Lipinski definition) is 5. The van der Waals surface area contributed by atoms with Gasteiger partial charge in [0.05, 0.1) is 0 Å². The Morgan fingerprint density at radius 3 is 1.55 bits per heavy atom. The summed E-state index contributed by atoms with van der Waals surface area (Å²) in [6, 6.07) is 0. The van der Waals surface area contributed by atoms with Crippen molar-refractivity contribution in [2.45, 2.75) is 12.6 Å². The van der Waals surface area contributed by atoms with Crippen LogP contribution >= 0.6 is 25.8 Å². The van der Waals surface area contributed by atoms with E-state index in [0.29, 0.717) is 0 Å². The fourth-order valence-electron chi connectivity index (χ4n) is 0.379.